The summed E-state index contributed by atoms with van der Waals surface area (Å²) in [5, 5.41) is 8.35. The molecule has 3 aromatic rings. The molecular weight excluding hydrogens is 467 g/mol. The third kappa shape index (κ3) is 7.87. The topological polar surface area (TPSA) is 80.3 Å². The van der Waals surface area contributed by atoms with Crippen LogP contribution in [-0.2, 0) is 17.4 Å². The number of halogens is 3. The van der Waals surface area contributed by atoms with Crippen molar-refractivity contribution in [1.82, 2.24) is 10.3 Å². The average Bonchev–Trinajstić information content (AvgIpc) is 3.22. The van der Waals surface area contributed by atoms with Crippen molar-refractivity contribution in [3.05, 3.63) is 75.7 Å². The number of hydrogen-bond donors (Lipinski definition) is 2. The number of nitrogens with zero attached hydrogens (tertiary/aromatic N) is 1. The molecule has 0 atom stereocenters. The first-order chi connectivity index (χ1) is 16.2. The molecule has 1 heterocycles. The lowest BCUT2D eigenvalue weighted by Crippen LogP contribution is -2.24. The highest BCUT2D eigenvalue weighted by molar-refractivity contribution is 7.09. The fourth-order valence-electron chi connectivity index (χ4n) is 3.04. The average molecular weight is 492 g/mol. The number of carbonyl (C=O) groups is 2. The van der Waals surface area contributed by atoms with Crippen molar-refractivity contribution >= 4 is 28.8 Å². The molecule has 1 aromatic heterocycles. The molecule has 0 saturated heterocycles. The maximum absolute atomic E-state index is 12.8. The van der Waals surface area contributed by atoms with Gasteiger partial charge in [-0.2, -0.15) is 13.2 Å². The number of alkyl halides is 3. The number of nitrogens with one attached hydrogen (secondary N) is 2. The van der Waals surface area contributed by atoms with Crippen LogP contribution in [0.3, 0.4) is 0 Å². The van der Waals surface area contributed by atoms with Gasteiger partial charge in [0.25, 0.3) is 11.8 Å². The molecule has 2 amide bonds. The van der Waals surface area contributed by atoms with Gasteiger partial charge in [0.05, 0.1) is 10.6 Å². The zero-order valence-electron chi connectivity index (χ0n) is 18.4. The van der Waals surface area contributed by atoms with Crippen molar-refractivity contribution in [1.29, 1.82) is 0 Å². The van der Waals surface area contributed by atoms with E-state index in [2.05, 4.69) is 15.6 Å². The van der Waals surface area contributed by atoms with Gasteiger partial charge >= 0.3 is 6.18 Å². The van der Waals surface area contributed by atoms with Gasteiger partial charge in [-0.1, -0.05) is 6.07 Å². The fraction of sp³-hybridized carbons (Fsp3) is 0.292. The Balaban J connectivity index is 1.38. The van der Waals surface area contributed by atoms with Crippen LogP contribution in [0.5, 0.6) is 5.75 Å². The minimum absolute atomic E-state index is 0.0252. The second-order valence-corrected chi connectivity index (χ2v) is 8.48. The normalized spacial score (nSPS) is 11.2. The van der Waals surface area contributed by atoms with Crippen LogP contribution in [0.25, 0.3) is 0 Å². The number of rotatable bonds is 10. The molecule has 0 radical (unpaired) electrons. The summed E-state index contributed by atoms with van der Waals surface area (Å²) in [6.45, 7) is 2.13. The second kappa shape index (κ2) is 11.6. The molecule has 180 valence electrons. The fourth-order valence-corrected chi connectivity index (χ4v) is 3.86. The molecule has 0 fully saturated rings. The van der Waals surface area contributed by atoms with E-state index in [0.717, 1.165) is 42.1 Å². The van der Waals surface area contributed by atoms with Crippen LogP contribution in [0.15, 0.2) is 53.9 Å². The molecule has 0 aliphatic carbocycles. The maximum atomic E-state index is 12.8. The Morgan fingerprint density at radius 3 is 2.53 bits per heavy atom. The van der Waals surface area contributed by atoms with Crippen LogP contribution in [-0.4, -0.2) is 29.9 Å². The van der Waals surface area contributed by atoms with Gasteiger partial charge in [-0.25, -0.2) is 4.98 Å². The number of aromatic nitrogens is 1. The summed E-state index contributed by atoms with van der Waals surface area (Å²) in [5.41, 5.74) is 0.653. The van der Waals surface area contributed by atoms with Crippen LogP contribution in [0, 0.1) is 6.92 Å². The minimum Gasteiger partial charge on any atom is -0.484 e. The largest absolute Gasteiger partial charge is 0.484 e. The molecule has 2 aromatic carbocycles. The zero-order valence-corrected chi connectivity index (χ0v) is 19.3. The number of carbonyl (C=O) groups excluding carboxylic acids is 2. The van der Waals surface area contributed by atoms with Crippen molar-refractivity contribution in [2.75, 3.05) is 18.5 Å². The number of ether oxygens (including phenoxy) is 1. The third-order valence-corrected chi connectivity index (χ3v) is 5.76. The van der Waals surface area contributed by atoms with Crippen LogP contribution in [0.4, 0.5) is 18.9 Å². The molecule has 0 aliphatic heterocycles. The van der Waals surface area contributed by atoms with Crippen molar-refractivity contribution in [2.24, 2.45) is 0 Å². The van der Waals surface area contributed by atoms with E-state index in [1.807, 2.05) is 12.3 Å². The Bertz CT molecular complexity index is 1110. The van der Waals surface area contributed by atoms with E-state index >= 15 is 0 Å². The molecule has 0 bridgehead atoms. The Morgan fingerprint density at radius 1 is 1.09 bits per heavy atom. The lowest BCUT2D eigenvalue weighted by molar-refractivity contribution is -0.137. The molecule has 34 heavy (non-hydrogen) atoms. The lowest BCUT2D eigenvalue weighted by Gasteiger charge is -2.11. The van der Waals surface area contributed by atoms with Crippen molar-refractivity contribution < 1.29 is 27.5 Å². The summed E-state index contributed by atoms with van der Waals surface area (Å²) in [4.78, 5) is 28.7. The molecule has 0 spiro atoms. The van der Waals surface area contributed by atoms with Crippen LogP contribution >= 0.6 is 11.3 Å². The van der Waals surface area contributed by atoms with Crippen molar-refractivity contribution in [3.63, 3.8) is 0 Å². The molecule has 0 saturated carbocycles. The molecule has 3 rings (SSSR count). The van der Waals surface area contributed by atoms with Gasteiger partial charge in [0, 0.05) is 28.9 Å². The smallest absolute Gasteiger partial charge is 0.416 e. The third-order valence-electron chi connectivity index (χ3n) is 4.73. The first-order valence-corrected chi connectivity index (χ1v) is 11.5. The summed E-state index contributed by atoms with van der Waals surface area (Å²) < 4.78 is 43.7. The Labute approximate surface area is 199 Å². The standard InChI is InChI=1S/C24H24F3N3O3S/c1-16-15-34-22(29-16)7-2-3-12-28-23(32)17-8-10-20(11-9-17)33-14-21(31)30-19-6-4-5-18(13-19)24(25,26)27/h4-6,8-11,13,15H,2-3,7,12,14H2,1H3,(H,28,32)(H,30,31). The predicted octanol–water partition coefficient (Wildman–Crippen LogP) is 5.24. The molecule has 6 nitrogen and oxygen atoms in total. The van der Waals surface area contributed by atoms with Gasteiger partial charge in [0.1, 0.15) is 5.75 Å². The molecule has 2 N–H and O–H groups in total. The zero-order chi connectivity index (χ0) is 24.6. The van der Waals surface area contributed by atoms with Gasteiger partial charge in [-0.15, -0.1) is 11.3 Å². The number of aryl methyl sites for hydroxylation is 2. The number of benzene rings is 2. The van der Waals surface area contributed by atoms with E-state index in [9.17, 15) is 22.8 Å². The van der Waals surface area contributed by atoms with Gasteiger partial charge in [0.15, 0.2) is 6.61 Å². The van der Waals surface area contributed by atoms with Gasteiger partial charge < -0.3 is 15.4 Å². The summed E-state index contributed by atoms with van der Waals surface area (Å²) >= 11 is 1.64. The second-order valence-electron chi connectivity index (χ2n) is 7.54. The van der Waals surface area contributed by atoms with Gasteiger partial charge in [-0.3, -0.25) is 9.59 Å². The Morgan fingerprint density at radius 2 is 1.85 bits per heavy atom. The lowest BCUT2D eigenvalue weighted by atomic mass is 10.2. The van der Waals surface area contributed by atoms with E-state index in [1.54, 1.807) is 35.6 Å². The van der Waals surface area contributed by atoms with E-state index < -0.39 is 17.6 Å². The summed E-state index contributed by atoms with van der Waals surface area (Å²) in [6, 6.07) is 10.6. The van der Waals surface area contributed by atoms with Crippen LogP contribution < -0.4 is 15.4 Å². The number of unbranched alkanes of at least 4 members (excludes halogenated alkanes) is 1. The Kier molecular flexibility index (Phi) is 8.64. The Hall–Kier alpha value is -3.40. The maximum Gasteiger partial charge on any atom is 0.416 e. The van der Waals surface area contributed by atoms with Crippen LogP contribution in [0.2, 0.25) is 0 Å². The SMILES string of the molecule is Cc1csc(CCCCNC(=O)c2ccc(OCC(=O)Nc3cccc(C(F)(F)F)c3)cc2)n1. The summed E-state index contributed by atoms with van der Waals surface area (Å²) in [5.74, 6) is -0.456. The monoisotopic (exact) mass is 491 g/mol. The summed E-state index contributed by atoms with van der Waals surface area (Å²) in [7, 11) is 0. The van der Waals surface area contributed by atoms with Gasteiger partial charge in [0.2, 0.25) is 0 Å². The molecule has 10 heteroatoms. The highest BCUT2D eigenvalue weighted by atomic mass is 32.1. The highest BCUT2D eigenvalue weighted by Gasteiger charge is 2.30. The quantitative estimate of drug-likeness (QED) is 0.380. The first kappa shape index (κ1) is 25.2. The van der Waals surface area contributed by atoms with Crippen molar-refractivity contribution in [2.45, 2.75) is 32.4 Å². The number of anilines is 1. The van der Waals surface area contributed by atoms with E-state index in [4.69, 9.17) is 4.74 Å². The summed E-state index contributed by atoms with van der Waals surface area (Å²) in [6.07, 6.45) is -1.83. The molecule has 0 unspecified atom stereocenters. The minimum atomic E-state index is -4.49. The predicted molar refractivity (Wildman–Crippen MR) is 124 cm³/mol. The van der Waals surface area contributed by atoms with E-state index in [-0.39, 0.29) is 18.2 Å². The molecular formula is C24H24F3N3O3S. The molecule has 0 aliphatic rings. The van der Waals surface area contributed by atoms with Crippen LogP contribution in [0.1, 0.15) is 39.5 Å². The van der Waals surface area contributed by atoms with E-state index in [0.29, 0.717) is 17.9 Å². The number of thiazole rings is 1. The van der Waals surface area contributed by atoms with E-state index in [1.165, 1.54) is 12.1 Å². The number of amides is 2. The van der Waals surface area contributed by atoms with Crippen molar-refractivity contribution in [3.8, 4) is 5.75 Å². The highest BCUT2D eigenvalue weighted by Crippen LogP contribution is 2.30. The number of hydrogen-bond acceptors (Lipinski definition) is 5. The van der Waals surface area contributed by atoms with Gasteiger partial charge in [-0.05, 0) is 68.7 Å². The first-order valence-electron chi connectivity index (χ1n) is 10.6.